The van der Waals surface area contributed by atoms with Gasteiger partial charge in [-0.2, -0.15) is 5.10 Å². The van der Waals surface area contributed by atoms with Gasteiger partial charge in [0.05, 0.1) is 11.3 Å². The molecule has 1 aromatic carbocycles. The van der Waals surface area contributed by atoms with Gasteiger partial charge in [-0.1, -0.05) is 6.92 Å². The Labute approximate surface area is 148 Å². The van der Waals surface area contributed by atoms with Crippen LogP contribution >= 0.6 is 0 Å². The van der Waals surface area contributed by atoms with Crippen LogP contribution in [-0.4, -0.2) is 46.8 Å². The third-order valence-electron chi connectivity index (χ3n) is 4.55. The first kappa shape index (κ1) is 17.5. The lowest BCUT2D eigenvalue weighted by Gasteiger charge is -2.15. The number of aryl methyl sites for hydroxylation is 2. The third kappa shape index (κ3) is 4.60. The van der Waals surface area contributed by atoms with E-state index < -0.39 is 0 Å². The van der Waals surface area contributed by atoms with Crippen molar-refractivity contribution in [2.75, 3.05) is 31.6 Å². The van der Waals surface area contributed by atoms with Crippen LogP contribution in [0.25, 0.3) is 0 Å². The van der Waals surface area contributed by atoms with Gasteiger partial charge in [-0.3, -0.25) is 14.4 Å². The smallest absolute Gasteiger partial charge is 0.259 e. The average Bonchev–Trinajstić information content (AvgIpc) is 3.14. The Hall–Kier alpha value is -2.34. The number of amides is 1. The number of ether oxygens (including phenoxy) is 1. The number of rotatable bonds is 6. The summed E-state index contributed by atoms with van der Waals surface area (Å²) >= 11 is 0. The van der Waals surface area contributed by atoms with E-state index >= 15 is 0 Å². The first-order chi connectivity index (χ1) is 12.0. The molecule has 0 spiro atoms. The van der Waals surface area contributed by atoms with Crippen molar-refractivity contribution in [1.82, 2.24) is 14.7 Å². The molecule has 0 saturated carbocycles. The lowest BCUT2D eigenvalue weighted by molar-refractivity contribution is 0.102. The van der Waals surface area contributed by atoms with Crippen molar-refractivity contribution >= 4 is 11.6 Å². The minimum Gasteiger partial charge on any atom is -0.492 e. The van der Waals surface area contributed by atoms with Gasteiger partial charge >= 0.3 is 0 Å². The molecule has 134 valence electrons. The molecule has 1 aliphatic heterocycles. The largest absolute Gasteiger partial charge is 0.492 e. The molecule has 1 amide bonds. The van der Waals surface area contributed by atoms with Crippen LogP contribution < -0.4 is 10.1 Å². The molecule has 25 heavy (non-hydrogen) atoms. The molecule has 2 aromatic rings. The van der Waals surface area contributed by atoms with E-state index in [1.807, 2.05) is 31.2 Å². The van der Waals surface area contributed by atoms with E-state index in [0.717, 1.165) is 29.6 Å². The Morgan fingerprint density at radius 2 is 2.12 bits per heavy atom. The summed E-state index contributed by atoms with van der Waals surface area (Å²) in [6, 6.07) is 7.49. The summed E-state index contributed by atoms with van der Waals surface area (Å²) in [5.74, 6) is 1.47. The molecule has 0 bridgehead atoms. The molecular formula is C19H26N4O2. The van der Waals surface area contributed by atoms with E-state index in [-0.39, 0.29) is 5.91 Å². The number of hydrogen-bond acceptors (Lipinski definition) is 4. The van der Waals surface area contributed by atoms with Gasteiger partial charge in [-0.15, -0.1) is 0 Å². The van der Waals surface area contributed by atoms with Gasteiger partial charge in [0.1, 0.15) is 12.4 Å². The summed E-state index contributed by atoms with van der Waals surface area (Å²) in [6.45, 7) is 8.11. The van der Waals surface area contributed by atoms with E-state index in [4.69, 9.17) is 4.74 Å². The SMILES string of the molecule is Cc1nn(C)cc1C(=O)Nc1ccc(OCCN2CC[C@H](C)C2)cc1. The Kier molecular flexibility index (Phi) is 5.38. The summed E-state index contributed by atoms with van der Waals surface area (Å²) in [7, 11) is 1.80. The van der Waals surface area contributed by atoms with Crippen LogP contribution in [0.5, 0.6) is 5.75 Å². The quantitative estimate of drug-likeness (QED) is 0.877. The zero-order valence-electron chi connectivity index (χ0n) is 15.2. The summed E-state index contributed by atoms with van der Waals surface area (Å²) in [5.41, 5.74) is 2.05. The number of hydrogen-bond donors (Lipinski definition) is 1. The fourth-order valence-electron chi connectivity index (χ4n) is 3.18. The number of anilines is 1. The molecule has 1 atom stereocenters. The van der Waals surface area contributed by atoms with Crippen LogP contribution in [0.2, 0.25) is 0 Å². The molecule has 1 aliphatic rings. The summed E-state index contributed by atoms with van der Waals surface area (Å²) in [6.07, 6.45) is 3.01. The Morgan fingerprint density at radius 1 is 1.36 bits per heavy atom. The number of benzene rings is 1. The van der Waals surface area contributed by atoms with Crippen LogP contribution in [0.3, 0.4) is 0 Å². The number of nitrogens with one attached hydrogen (secondary N) is 1. The van der Waals surface area contributed by atoms with Crippen LogP contribution in [0.1, 0.15) is 29.4 Å². The first-order valence-electron chi connectivity index (χ1n) is 8.78. The van der Waals surface area contributed by atoms with Crippen molar-refractivity contribution in [3.8, 4) is 5.75 Å². The van der Waals surface area contributed by atoms with E-state index in [9.17, 15) is 4.79 Å². The first-order valence-corrected chi connectivity index (χ1v) is 8.78. The number of carbonyl (C=O) groups is 1. The molecule has 3 rings (SSSR count). The van der Waals surface area contributed by atoms with E-state index in [1.54, 1.807) is 17.9 Å². The van der Waals surface area contributed by atoms with Crippen LogP contribution in [-0.2, 0) is 7.05 Å². The van der Waals surface area contributed by atoms with E-state index in [2.05, 4.69) is 22.2 Å². The molecule has 0 radical (unpaired) electrons. The molecular weight excluding hydrogens is 316 g/mol. The molecule has 6 heteroatoms. The van der Waals surface area contributed by atoms with Gasteiger partial charge < -0.3 is 10.1 Å². The molecule has 0 aliphatic carbocycles. The van der Waals surface area contributed by atoms with Gasteiger partial charge in [0.2, 0.25) is 0 Å². The molecule has 1 fully saturated rings. The minimum atomic E-state index is -0.151. The highest BCUT2D eigenvalue weighted by Crippen LogP contribution is 2.18. The maximum absolute atomic E-state index is 12.3. The van der Waals surface area contributed by atoms with Crippen LogP contribution in [0.4, 0.5) is 5.69 Å². The zero-order valence-corrected chi connectivity index (χ0v) is 15.2. The van der Waals surface area contributed by atoms with Crippen molar-refractivity contribution in [1.29, 1.82) is 0 Å². The molecule has 1 aromatic heterocycles. The second kappa shape index (κ2) is 7.70. The van der Waals surface area contributed by atoms with E-state index in [1.165, 1.54) is 19.5 Å². The lowest BCUT2D eigenvalue weighted by atomic mass is 10.2. The average molecular weight is 342 g/mol. The fourth-order valence-corrected chi connectivity index (χ4v) is 3.18. The lowest BCUT2D eigenvalue weighted by Crippen LogP contribution is -2.25. The molecule has 2 heterocycles. The van der Waals surface area contributed by atoms with Crippen molar-refractivity contribution in [2.45, 2.75) is 20.3 Å². The predicted octanol–water partition coefficient (Wildman–Crippen LogP) is 2.70. The summed E-state index contributed by atoms with van der Waals surface area (Å²) in [4.78, 5) is 14.7. The van der Waals surface area contributed by atoms with E-state index in [0.29, 0.717) is 12.2 Å². The monoisotopic (exact) mass is 342 g/mol. The molecule has 0 unspecified atom stereocenters. The summed E-state index contributed by atoms with van der Waals surface area (Å²) in [5, 5.41) is 7.08. The highest BCUT2D eigenvalue weighted by Gasteiger charge is 2.18. The normalized spacial score (nSPS) is 17.6. The molecule has 1 saturated heterocycles. The summed E-state index contributed by atoms with van der Waals surface area (Å²) < 4.78 is 7.44. The number of likely N-dealkylation sites (tertiary alicyclic amines) is 1. The highest BCUT2D eigenvalue weighted by molar-refractivity contribution is 6.04. The van der Waals surface area contributed by atoms with Crippen molar-refractivity contribution < 1.29 is 9.53 Å². The van der Waals surface area contributed by atoms with Gasteiger partial charge in [0.25, 0.3) is 5.91 Å². The van der Waals surface area contributed by atoms with Gasteiger partial charge in [0, 0.05) is 32.0 Å². The maximum atomic E-state index is 12.3. The van der Waals surface area contributed by atoms with Gasteiger partial charge in [-0.25, -0.2) is 0 Å². The van der Waals surface area contributed by atoms with Gasteiger partial charge in [0.15, 0.2) is 0 Å². The van der Waals surface area contributed by atoms with Crippen LogP contribution in [0, 0.1) is 12.8 Å². The highest BCUT2D eigenvalue weighted by atomic mass is 16.5. The van der Waals surface area contributed by atoms with Crippen molar-refractivity contribution in [2.24, 2.45) is 13.0 Å². The number of aromatic nitrogens is 2. The minimum absolute atomic E-state index is 0.151. The number of carbonyl (C=O) groups excluding carboxylic acids is 1. The second-order valence-corrected chi connectivity index (χ2v) is 6.82. The van der Waals surface area contributed by atoms with Crippen molar-refractivity contribution in [3.63, 3.8) is 0 Å². The van der Waals surface area contributed by atoms with Gasteiger partial charge in [-0.05, 0) is 50.1 Å². The topological polar surface area (TPSA) is 59.4 Å². The van der Waals surface area contributed by atoms with Crippen molar-refractivity contribution in [3.05, 3.63) is 41.7 Å². The van der Waals surface area contributed by atoms with Crippen LogP contribution in [0.15, 0.2) is 30.5 Å². The zero-order chi connectivity index (χ0) is 17.8. The molecule has 1 N–H and O–H groups in total. The third-order valence-corrected chi connectivity index (χ3v) is 4.55. The standard InChI is InChI=1S/C19H26N4O2/c1-14-8-9-23(12-14)10-11-25-17-6-4-16(5-7-17)20-19(24)18-13-22(3)21-15(18)2/h4-7,13-14H,8-12H2,1-3H3,(H,20,24)/t14-/m0/s1. The Morgan fingerprint density at radius 3 is 2.72 bits per heavy atom. The second-order valence-electron chi connectivity index (χ2n) is 6.82. The Balaban J connectivity index is 1.48. The predicted molar refractivity (Wildman–Crippen MR) is 98.1 cm³/mol. The fraction of sp³-hybridized carbons (Fsp3) is 0.474. The molecule has 6 nitrogen and oxygen atoms in total. The maximum Gasteiger partial charge on any atom is 0.259 e. The Bertz CT molecular complexity index is 724. The number of nitrogens with zero attached hydrogens (tertiary/aromatic N) is 3.